The van der Waals surface area contributed by atoms with E-state index in [9.17, 15) is 0 Å². The summed E-state index contributed by atoms with van der Waals surface area (Å²) in [5.41, 5.74) is 7.38. The summed E-state index contributed by atoms with van der Waals surface area (Å²) in [5, 5.41) is 11.7. The second kappa shape index (κ2) is 3.84. The van der Waals surface area contributed by atoms with Crippen molar-refractivity contribution in [1.29, 1.82) is 0 Å². The summed E-state index contributed by atoms with van der Waals surface area (Å²) in [6.45, 7) is 0. The van der Waals surface area contributed by atoms with Gasteiger partial charge < -0.3 is 15.9 Å². The molecule has 90 valence electrons. The van der Waals surface area contributed by atoms with Gasteiger partial charge in [0.25, 0.3) is 0 Å². The van der Waals surface area contributed by atoms with Crippen molar-refractivity contribution in [1.82, 2.24) is 24.5 Å². The second-order valence-electron chi connectivity index (χ2n) is 3.55. The van der Waals surface area contributed by atoms with E-state index in [2.05, 4.69) is 25.1 Å². The van der Waals surface area contributed by atoms with E-state index in [1.54, 1.807) is 22.9 Å². The molecule has 18 heavy (non-hydrogen) atoms. The van der Waals surface area contributed by atoms with E-state index in [1.165, 1.54) is 12.7 Å². The number of imidazole rings is 1. The maximum atomic E-state index is 8.75. The zero-order chi connectivity index (χ0) is 12.5. The molecule has 8 heteroatoms. The van der Waals surface area contributed by atoms with E-state index in [-0.39, 0.29) is 5.84 Å². The van der Waals surface area contributed by atoms with Gasteiger partial charge in [-0.05, 0) is 12.1 Å². The predicted octanol–water partition coefficient (Wildman–Crippen LogP) is 0.238. The predicted molar refractivity (Wildman–Crippen MR) is 63.5 cm³/mol. The van der Waals surface area contributed by atoms with Crippen LogP contribution in [0.5, 0.6) is 0 Å². The molecule has 0 aliphatic carbocycles. The van der Waals surface area contributed by atoms with Gasteiger partial charge in [-0.2, -0.15) is 0 Å². The lowest BCUT2D eigenvalue weighted by Crippen LogP contribution is -2.18. The van der Waals surface area contributed by atoms with Crippen molar-refractivity contribution in [3.05, 3.63) is 36.7 Å². The van der Waals surface area contributed by atoms with Gasteiger partial charge in [0.1, 0.15) is 11.8 Å². The standard InChI is InChI=1S/C10H9N7O/c11-8(16-18)6-2-1-3-17(6)10-7-9(13-4-12-7)14-5-15-10/h1-5,18H,(H2,11,16)(H,12,13,14,15). The average Bonchev–Trinajstić information content (AvgIpc) is 3.05. The molecule has 0 bridgehead atoms. The number of nitrogens with one attached hydrogen (secondary N) is 1. The van der Waals surface area contributed by atoms with Crippen LogP contribution in [0.3, 0.4) is 0 Å². The van der Waals surface area contributed by atoms with Gasteiger partial charge in [0.2, 0.25) is 0 Å². The number of nitrogens with zero attached hydrogens (tertiary/aromatic N) is 5. The summed E-state index contributed by atoms with van der Waals surface area (Å²) < 4.78 is 1.69. The molecule has 0 atom stereocenters. The number of rotatable bonds is 2. The molecule has 0 fully saturated rings. The fourth-order valence-corrected chi connectivity index (χ4v) is 1.76. The molecule has 0 unspecified atom stereocenters. The number of aromatic amines is 1. The molecule has 0 spiro atoms. The Morgan fingerprint density at radius 1 is 1.39 bits per heavy atom. The summed E-state index contributed by atoms with van der Waals surface area (Å²) in [5.74, 6) is 0.593. The Hall–Kier alpha value is -2.90. The Balaban J connectivity index is 2.27. The Kier molecular flexibility index (Phi) is 2.19. The molecule has 0 saturated carbocycles. The highest BCUT2D eigenvalue weighted by molar-refractivity contribution is 5.96. The Morgan fingerprint density at radius 3 is 3.11 bits per heavy atom. The number of H-pyrrole nitrogens is 1. The molecule has 4 N–H and O–H groups in total. The topological polar surface area (TPSA) is 118 Å². The van der Waals surface area contributed by atoms with Crippen LogP contribution in [0.4, 0.5) is 0 Å². The lowest BCUT2D eigenvalue weighted by atomic mass is 10.4. The second-order valence-corrected chi connectivity index (χ2v) is 3.55. The van der Waals surface area contributed by atoms with Gasteiger partial charge in [0, 0.05) is 6.20 Å². The first-order valence-corrected chi connectivity index (χ1v) is 5.11. The van der Waals surface area contributed by atoms with Crippen LogP contribution in [-0.2, 0) is 0 Å². The zero-order valence-corrected chi connectivity index (χ0v) is 9.15. The number of fused-ring (bicyclic) bond motifs is 1. The number of oxime groups is 1. The normalized spacial score (nSPS) is 12.1. The molecule has 0 amide bonds. The van der Waals surface area contributed by atoms with Crippen molar-refractivity contribution < 1.29 is 5.21 Å². The molecular weight excluding hydrogens is 234 g/mol. The van der Waals surface area contributed by atoms with Crippen molar-refractivity contribution in [3.8, 4) is 5.82 Å². The third-order valence-corrected chi connectivity index (χ3v) is 2.55. The monoisotopic (exact) mass is 243 g/mol. The number of hydrogen-bond acceptors (Lipinski definition) is 5. The Morgan fingerprint density at radius 2 is 2.28 bits per heavy atom. The summed E-state index contributed by atoms with van der Waals surface area (Å²) in [4.78, 5) is 15.2. The first-order valence-electron chi connectivity index (χ1n) is 5.11. The minimum absolute atomic E-state index is 0.00581. The highest BCUT2D eigenvalue weighted by atomic mass is 16.4. The van der Waals surface area contributed by atoms with Gasteiger partial charge in [0.05, 0.1) is 12.0 Å². The van der Waals surface area contributed by atoms with Crippen LogP contribution in [0.2, 0.25) is 0 Å². The first kappa shape index (κ1) is 10.3. The number of aromatic nitrogens is 5. The molecule has 3 heterocycles. The zero-order valence-electron chi connectivity index (χ0n) is 9.15. The Bertz CT molecular complexity index is 726. The molecule has 0 aliphatic rings. The quantitative estimate of drug-likeness (QED) is 0.258. The van der Waals surface area contributed by atoms with Crippen molar-refractivity contribution in [3.63, 3.8) is 0 Å². The van der Waals surface area contributed by atoms with Gasteiger partial charge in [-0.25, -0.2) is 15.0 Å². The maximum Gasteiger partial charge on any atom is 0.187 e. The molecule has 0 saturated heterocycles. The van der Waals surface area contributed by atoms with Crippen molar-refractivity contribution in [2.45, 2.75) is 0 Å². The van der Waals surface area contributed by atoms with Crippen molar-refractivity contribution >= 4 is 17.0 Å². The third kappa shape index (κ3) is 1.39. The largest absolute Gasteiger partial charge is 0.409 e. The fraction of sp³-hybridized carbons (Fsp3) is 0. The summed E-state index contributed by atoms with van der Waals surface area (Å²) in [7, 11) is 0. The van der Waals surface area contributed by atoms with Crippen LogP contribution in [-0.4, -0.2) is 35.5 Å². The van der Waals surface area contributed by atoms with E-state index < -0.39 is 0 Å². The van der Waals surface area contributed by atoms with E-state index in [0.29, 0.717) is 22.7 Å². The SMILES string of the molecule is N/C(=N/O)c1cccn1-c1ncnc2nc[nH]c12. The third-order valence-electron chi connectivity index (χ3n) is 2.55. The molecule has 3 aromatic rings. The molecule has 3 rings (SSSR count). The van der Waals surface area contributed by atoms with Gasteiger partial charge in [-0.15, -0.1) is 0 Å². The molecule has 0 aliphatic heterocycles. The van der Waals surface area contributed by atoms with Gasteiger partial charge in [0.15, 0.2) is 17.3 Å². The number of amidine groups is 1. The highest BCUT2D eigenvalue weighted by Crippen LogP contribution is 2.16. The first-order chi connectivity index (χ1) is 8.81. The number of nitrogens with two attached hydrogens (primary N) is 1. The van der Waals surface area contributed by atoms with Crippen LogP contribution < -0.4 is 5.73 Å². The van der Waals surface area contributed by atoms with Crippen molar-refractivity contribution in [2.24, 2.45) is 10.9 Å². The summed E-state index contributed by atoms with van der Waals surface area (Å²) in [6, 6.07) is 3.50. The van der Waals surface area contributed by atoms with E-state index in [1.807, 2.05) is 0 Å². The molecule has 0 aromatic carbocycles. The summed E-state index contributed by atoms with van der Waals surface area (Å²) in [6.07, 6.45) is 4.71. The Labute approximate surface area is 101 Å². The van der Waals surface area contributed by atoms with E-state index in [4.69, 9.17) is 10.9 Å². The fourth-order valence-electron chi connectivity index (χ4n) is 1.76. The van der Waals surface area contributed by atoms with Crippen LogP contribution in [0.15, 0.2) is 36.1 Å². The van der Waals surface area contributed by atoms with E-state index in [0.717, 1.165) is 0 Å². The van der Waals surface area contributed by atoms with Crippen LogP contribution >= 0.6 is 0 Å². The highest BCUT2D eigenvalue weighted by Gasteiger charge is 2.12. The van der Waals surface area contributed by atoms with Gasteiger partial charge in [-0.3, -0.25) is 4.57 Å². The maximum absolute atomic E-state index is 8.75. The minimum atomic E-state index is 0.00581. The van der Waals surface area contributed by atoms with Crippen LogP contribution in [0.1, 0.15) is 5.69 Å². The molecule has 8 nitrogen and oxygen atoms in total. The molecule has 0 radical (unpaired) electrons. The van der Waals surface area contributed by atoms with Gasteiger partial charge in [-0.1, -0.05) is 5.16 Å². The molecule has 3 aromatic heterocycles. The molecular formula is C10H9N7O. The summed E-state index contributed by atoms with van der Waals surface area (Å²) >= 11 is 0. The number of hydrogen-bond donors (Lipinski definition) is 3. The van der Waals surface area contributed by atoms with Crippen LogP contribution in [0.25, 0.3) is 17.0 Å². The minimum Gasteiger partial charge on any atom is -0.409 e. The van der Waals surface area contributed by atoms with Crippen LogP contribution in [0, 0.1) is 0 Å². The smallest absolute Gasteiger partial charge is 0.187 e. The lowest BCUT2D eigenvalue weighted by molar-refractivity contribution is 0.318. The average molecular weight is 243 g/mol. The van der Waals surface area contributed by atoms with Gasteiger partial charge >= 0.3 is 0 Å². The lowest BCUT2D eigenvalue weighted by Gasteiger charge is -2.07. The van der Waals surface area contributed by atoms with E-state index >= 15 is 0 Å². The van der Waals surface area contributed by atoms with Crippen molar-refractivity contribution in [2.75, 3.05) is 0 Å².